The lowest BCUT2D eigenvalue weighted by atomic mass is 9.80. The molecule has 0 bridgehead atoms. The van der Waals surface area contributed by atoms with Gasteiger partial charge in [0, 0.05) is 12.1 Å². The standard InChI is InChI=1S/C16H31NO2/c1-2-17-16(13-18)10-6-9-15(11-16)19-12-14-7-4-3-5-8-14/h14-15,17-18H,2-13H2,1H3. The molecule has 0 saturated heterocycles. The Balaban J connectivity index is 1.76. The van der Waals surface area contributed by atoms with Crippen molar-refractivity contribution < 1.29 is 9.84 Å². The topological polar surface area (TPSA) is 41.5 Å². The average Bonchev–Trinajstić information content (AvgIpc) is 2.47. The minimum atomic E-state index is -0.0791. The number of aliphatic hydroxyl groups excluding tert-OH is 1. The predicted octanol–water partition coefficient (Wildman–Crippen LogP) is 2.87. The smallest absolute Gasteiger partial charge is 0.0614 e. The highest BCUT2D eigenvalue weighted by atomic mass is 16.5. The Morgan fingerprint density at radius 2 is 1.95 bits per heavy atom. The van der Waals surface area contributed by atoms with Gasteiger partial charge in [-0.3, -0.25) is 0 Å². The van der Waals surface area contributed by atoms with E-state index in [2.05, 4.69) is 12.2 Å². The minimum Gasteiger partial charge on any atom is -0.394 e. The average molecular weight is 269 g/mol. The first-order valence-corrected chi connectivity index (χ1v) is 8.25. The largest absolute Gasteiger partial charge is 0.394 e. The summed E-state index contributed by atoms with van der Waals surface area (Å²) in [6, 6.07) is 0. The van der Waals surface area contributed by atoms with Crippen LogP contribution in [0.5, 0.6) is 0 Å². The molecule has 0 aromatic carbocycles. The third kappa shape index (κ3) is 4.44. The quantitative estimate of drug-likeness (QED) is 0.779. The van der Waals surface area contributed by atoms with E-state index >= 15 is 0 Å². The van der Waals surface area contributed by atoms with E-state index in [1.54, 1.807) is 0 Å². The molecule has 2 saturated carbocycles. The molecule has 2 atom stereocenters. The van der Waals surface area contributed by atoms with Crippen LogP contribution in [-0.4, -0.2) is 36.5 Å². The number of rotatable bonds is 6. The normalized spacial score (nSPS) is 33.5. The van der Waals surface area contributed by atoms with Gasteiger partial charge >= 0.3 is 0 Å². The summed E-state index contributed by atoms with van der Waals surface area (Å²) >= 11 is 0. The zero-order valence-corrected chi connectivity index (χ0v) is 12.5. The lowest BCUT2D eigenvalue weighted by Crippen LogP contribution is -2.53. The van der Waals surface area contributed by atoms with Crippen LogP contribution in [-0.2, 0) is 4.74 Å². The van der Waals surface area contributed by atoms with Crippen molar-refractivity contribution in [2.75, 3.05) is 19.8 Å². The van der Waals surface area contributed by atoms with Gasteiger partial charge in [-0.2, -0.15) is 0 Å². The van der Waals surface area contributed by atoms with E-state index in [1.807, 2.05) is 0 Å². The summed E-state index contributed by atoms with van der Waals surface area (Å²) in [6.07, 6.45) is 11.6. The monoisotopic (exact) mass is 269 g/mol. The molecule has 2 N–H and O–H groups in total. The van der Waals surface area contributed by atoms with Crippen molar-refractivity contribution in [2.24, 2.45) is 5.92 Å². The van der Waals surface area contributed by atoms with E-state index in [1.165, 1.54) is 44.9 Å². The van der Waals surface area contributed by atoms with Crippen molar-refractivity contribution in [3.8, 4) is 0 Å². The number of likely N-dealkylation sites (N-methyl/N-ethyl adjacent to an activating group) is 1. The minimum absolute atomic E-state index is 0.0791. The molecule has 3 heteroatoms. The first-order valence-electron chi connectivity index (χ1n) is 8.25. The molecule has 2 fully saturated rings. The molecule has 0 aromatic rings. The van der Waals surface area contributed by atoms with Crippen molar-refractivity contribution in [1.82, 2.24) is 5.32 Å². The molecule has 2 aliphatic carbocycles. The Morgan fingerprint density at radius 3 is 2.63 bits per heavy atom. The fourth-order valence-corrected chi connectivity index (χ4v) is 3.81. The summed E-state index contributed by atoms with van der Waals surface area (Å²) in [7, 11) is 0. The van der Waals surface area contributed by atoms with Crippen LogP contribution < -0.4 is 5.32 Å². The Hall–Kier alpha value is -0.120. The van der Waals surface area contributed by atoms with E-state index < -0.39 is 0 Å². The summed E-state index contributed by atoms with van der Waals surface area (Å²) in [4.78, 5) is 0. The molecule has 112 valence electrons. The van der Waals surface area contributed by atoms with Crippen LogP contribution in [0.1, 0.15) is 64.7 Å². The Kier molecular flexibility index (Phi) is 6.11. The molecular weight excluding hydrogens is 238 g/mol. The zero-order valence-electron chi connectivity index (χ0n) is 12.5. The molecule has 0 amide bonds. The highest BCUT2D eigenvalue weighted by Crippen LogP contribution is 2.31. The van der Waals surface area contributed by atoms with Crippen LogP contribution in [0.3, 0.4) is 0 Å². The second-order valence-electron chi connectivity index (χ2n) is 6.52. The van der Waals surface area contributed by atoms with Gasteiger partial charge in [0.1, 0.15) is 0 Å². The highest BCUT2D eigenvalue weighted by molar-refractivity contribution is 4.93. The molecular formula is C16H31NO2. The summed E-state index contributed by atoms with van der Waals surface area (Å²) in [5.41, 5.74) is -0.0791. The summed E-state index contributed by atoms with van der Waals surface area (Å²) in [6.45, 7) is 4.22. The van der Waals surface area contributed by atoms with Crippen molar-refractivity contribution in [1.29, 1.82) is 0 Å². The molecule has 2 unspecified atom stereocenters. The summed E-state index contributed by atoms with van der Waals surface area (Å²) in [5.74, 6) is 0.790. The van der Waals surface area contributed by atoms with Gasteiger partial charge in [0.25, 0.3) is 0 Å². The third-order valence-electron chi connectivity index (χ3n) is 4.95. The lowest BCUT2D eigenvalue weighted by molar-refractivity contribution is -0.0325. The van der Waals surface area contributed by atoms with Gasteiger partial charge in [0.2, 0.25) is 0 Å². The second kappa shape index (κ2) is 7.61. The van der Waals surface area contributed by atoms with Gasteiger partial charge < -0.3 is 15.2 Å². The zero-order chi connectivity index (χ0) is 13.6. The number of hydrogen-bond donors (Lipinski definition) is 2. The SMILES string of the molecule is CCNC1(CO)CCCC(OCC2CCCCC2)C1. The third-order valence-corrected chi connectivity index (χ3v) is 4.95. The molecule has 0 aromatic heterocycles. The fourth-order valence-electron chi connectivity index (χ4n) is 3.81. The van der Waals surface area contributed by atoms with Crippen molar-refractivity contribution in [2.45, 2.75) is 76.4 Å². The van der Waals surface area contributed by atoms with Crippen molar-refractivity contribution in [3.05, 3.63) is 0 Å². The van der Waals surface area contributed by atoms with Gasteiger partial charge in [-0.15, -0.1) is 0 Å². The maximum Gasteiger partial charge on any atom is 0.0614 e. The van der Waals surface area contributed by atoms with E-state index in [0.717, 1.165) is 31.9 Å². The van der Waals surface area contributed by atoms with Crippen LogP contribution in [0.2, 0.25) is 0 Å². The molecule has 0 aliphatic heterocycles. The number of aliphatic hydroxyl groups is 1. The molecule has 2 rings (SSSR count). The predicted molar refractivity (Wildman–Crippen MR) is 78.3 cm³/mol. The lowest BCUT2D eigenvalue weighted by Gasteiger charge is -2.40. The van der Waals surface area contributed by atoms with Crippen LogP contribution in [0.15, 0.2) is 0 Å². The van der Waals surface area contributed by atoms with Gasteiger partial charge in [-0.05, 0) is 51.0 Å². The molecule has 3 nitrogen and oxygen atoms in total. The van der Waals surface area contributed by atoms with Crippen molar-refractivity contribution in [3.63, 3.8) is 0 Å². The molecule has 0 spiro atoms. The van der Waals surface area contributed by atoms with Crippen LogP contribution >= 0.6 is 0 Å². The van der Waals surface area contributed by atoms with Crippen LogP contribution in [0.4, 0.5) is 0 Å². The highest BCUT2D eigenvalue weighted by Gasteiger charge is 2.35. The summed E-state index contributed by atoms with van der Waals surface area (Å²) in [5, 5.41) is 13.2. The maximum absolute atomic E-state index is 9.69. The van der Waals surface area contributed by atoms with Crippen LogP contribution in [0.25, 0.3) is 0 Å². The second-order valence-corrected chi connectivity index (χ2v) is 6.52. The number of hydrogen-bond acceptors (Lipinski definition) is 3. The van der Waals surface area contributed by atoms with E-state index in [-0.39, 0.29) is 12.1 Å². The van der Waals surface area contributed by atoms with E-state index in [9.17, 15) is 5.11 Å². The number of nitrogens with one attached hydrogen (secondary N) is 1. The molecule has 2 aliphatic rings. The van der Waals surface area contributed by atoms with Crippen LogP contribution in [0, 0.1) is 5.92 Å². The Labute approximate surface area is 118 Å². The molecule has 0 heterocycles. The molecule has 0 radical (unpaired) electrons. The fraction of sp³-hybridized carbons (Fsp3) is 1.00. The van der Waals surface area contributed by atoms with Gasteiger partial charge in [0.05, 0.1) is 12.7 Å². The Morgan fingerprint density at radius 1 is 1.16 bits per heavy atom. The summed E-state index contributed by atoms with van der Waals surface area (Å²) < 4.78 is 6.17. The van der Waals surface area contributed by atoms with Crippen molar-refractivity contribution >= 4 is 0 Å². The van der Waals surface area contributed by atoms with E-state index in [0.29, 0.717) is 6.10 Å². The number of ether oxygens (including phenoxy) is 1. The maximum atomic E-state index is 9.69. The van der Waals surface area contributed by atoms with Gasteiger partial charge in [0.15, 0.2) is 0 Å². The first kappa shape index (κ1) is 15.3. The molecule has 19 heavy (non-hydrogen) atoms. The Bertz CT molecular complexity index is 249. The van der Waals surface area contributed by atoms with Gasteiger partial charge in [-0.25, -0.2) is 0 Å². The van der Waals surface area contributed by atoms with E-state index in [4.69, 9.17) is 4.74 Å². The van der Waals surface area contributed by atoms with Gasteiger partial charge in [-0.1, -0.05) is 26.2 Å². The first-order chi connectivity index (χ1) is 9.28.